The molecule has 2 aliphatic heterocycles. The molecule has 6 rings (SSSR count). The van der Waals surface area contributed by atoms with Gasteiger partial charge in [0, 0.05) is 69.3 Å². The molecular formula is C30H33N7O4. The molecule has 1 amide bonds. The number of piperazine rings is 1. The number of ether oxygens (including phenoxy) is 3. The largest absolute Gasteiger partial charge is 0.497 e. The summed E-state index contributed by atoms with van der Waals surface area (Å²) in [6.07, 6.45) is 5.59. The number of aryl methyl sites for hydroxylation is 1. The molecule has 11 heteroatoms. The van der Waals surface area contributed by atoms with Crippen molar-refractivity contribution in [3.63, 3.8) is 0 Å². The number of carbonyl (C=O) groups is 1. The van der Waals surface area contributed by atoms with Gasteiger partial charge in [-0.2, -0.15) is 4.98 Å². The summed E-state index contributed by atoms with van der Waals surface area (Å²) in [7, 11) is 1.64. The molecule has 11 nitrogen and oxygen atoms in total. The van der Waals surface area contributed by atoms with Crippen molar-refractivity contribution in [2.45, 2.75) is 32.5 Å². The van der Waals surface area contributed by atoms with Crippen LogP contribution in [0.5, 0.6) is 17.2 Å². The van der Waals surface area contributed by atoms with Crippen molar-refractivity contribution >= 4 is 11.7 Å². The number of hydrogen-bond acceptors (Lipinski definition) is 9. The molecule has 1 N–H and O–H groups in total. The number of carbonyl (C=O) groups excluding carboxylic acids is 1. The Morgan fingerprint density at radius 1 is 1.05 bits per heavy atom. The molecular weight excluding hydrogens is 522 g/mol. The minimum Gasteiger partial charge on any atom is -0.497 e. The summed E-state index contributed by atoms with van der Waals surface area (Å²) in [5.74, 6) is 3.74. The zero-order valence-corrected chi connectivity index (χ0v) is 23.2. The lowest BCUT2D eigenvalue weighted by molar-refractivity contribution is -0.122. The van der Waals surface area contributed by atoms with E-state index in [1.807, 2.05) is 55.6 Å². The van der Waals surface area contributed by atoms with Gasteiger partial charge in [-0.1, -0.05) is 18.2 Å². The van der Waals surface area contributed by atoms with Gasteiger partial charge >= 0.3 is 0 Å². The maximum absolute atomic E-state index is 13.2. The van der Waals surface area contributed by atoms with Crippen molar-refractivity contribution in [1.82, 2.24) is 29.7 Å². The molecule has 0 radical (unpaired) electrons. The molecule has 4 aromatic rings. The highest BCUT2D eigenvalue weighted by Crippen LogP contribution is 2.33. The zero-order valence-electron chi connectivity index (χ0n) is 23.2. The fourth-order valence-electron chi connectivity index (χ4n) is 5.20. The first-order valence-electron chi connectivity index (χ1n) is 13.7. The van der Waals surface area contributed by atoms with Crippen LogP contribution in [0.25, 0.3) is 5.95 Å². The van der Waals surface area contributed by atoms with Gasteiger partial charge in [-0.25, -0.2) is 9.97 Å². The average Bonchev–Trinajstić information content (AvgIpc) is 3.70. The van der Waals surface area contributed by atoms with Gasteiger partial charge in [-0.15, -0.1) is 0 Å². The van der Waals surface area contributed by atoms with E-state index in [4.69, 9.17) is 19.2 Å². The van der Waals surface area contributed by atoms with Crippen LogP contribution < -0.4 is 24.4 Å². The Hall–Kier alpha value is -4.64. The van der Waals surface area contributed by atoms with Crippen molar-refractivity contribution in [3.05, 3.63) is 84.1 Å². The molecule has 0 spiro atoms. The lowest BCUT2D eigenvalue weighted by Crippen LogP contribution is -2.54. The number of aromatic nitrogens is 4. The van der Waals surface area contributed by atoms with Gasteiger partial charge in [0.1, 0.15) is 17.9 Å². The summed E-state index contributed by atoms with van der Waals surface area (Å²) in [5, 5.41) is 3.10. The minimum atomic E-state index is -0.0305. The molecule has 4 heterocycles. The van der Waals surface area contributed by atoms with E-state index in [1.54, 1.807) is 24.2 Å². The summed E-state index contributed by atoms with van der Waals surface area (Å²) in [6, 6.07) is 15.7. The molecule has 1 atom stereocenters. The molecule has 2 aromatic carbocycles. The van der Waals surface area contributed by atoms with Crippen molar-refractivity contribution < 1.29 is 19.0 Å². The highest BCUT2D eigenvalue weighted by atomic mass is 16.7. The van der Waals surface area contributed by atoms with Crippen LogP contribution in [0.3, 0.4) is 0 Å². The Kier molecular flexibility index (Phi) is 7.68. The van der Waals surface area contributed by atoms with Gasteiger partial charge in [0.05, 0.1) is 7.11 Å². The van der Waals surface area contributed by atoms with Crippen LogP contribution in [0.2, 0.25) is 0 Å². The van der Waals surface area contributed by atoms with Crippen molar-refractivity contribution in [1.29, 1.82) is 0 Å². The van der Waals surface area contributed by atoms with Gasteiger partial charge in [0.2, 0.25) is 18.6 Å². The molecule has 0 saturated carbocycles. The lowest BCUT2D eigenvalue weighted by Gasteiger charge is -2.42. The summed E-state index contributed by atoms with van der Waals surface area (Å²) in [5.41, 5.74) is 3.01. The first-order chi connectivity index (χ1) is 20.0. The SMILES string of the molecule is COc1ccc(CNC(=O)CC2CN(c3cc(C)nc(-n4ccnc4)n3)CCN2Cc2ccc3c(c2)OCO3)cc1. The van der Waals surface area contributed by atoms with E-state index in [0.717, 1.165) is 53.0 Å². The van der Waals surface area contributed by atoms with Gasteiger partial charge < -0.3 is 24.4 Å². The highest BCUT2D eigenvalue weighted by molar-refractivity contribution is 5.76. The quantitative estimate of drug-likeness (QED) is 0.333. The third-order valence-corrected chi connectivity index (χ3v) is 7.39. The molecule has 0 aliphatic carbocycles. The number of anilines is 1. The van der Waals surface area contributed by atoms with Crippen LogP contribution in [0, 0.1) is 6.92 Å². The fourth-order valence-corrected chi connectivity index (χ4v) is 5.20. The predicted molar refractivity (Wildman–Crippen MR) is 152 cm³/mol. The minimum absolute atomic E-state index is 0.00123. The van der Waals surface area contributed by atoms with Crippen LogP contribution in [0.15, 0.2) is 67.3 Å². The van der Waals surface area contributed by atoms with Gasteiger partial charge in [-0.3, -0.25) is 14.3 Å². The molecule has 2 aliphatic rings. The van der Waals surface area contributed by atoms with E-state index < -0.39 is 0 Å². The second kappa shape index (κ2) is 11.8. The lowest BCUT2D eigenvalue weighted by atomic mass is 10.1. The maximum atomic E-state index is 13.2. The first kappa shape index (κ1) is 26.6. The Morgan fingerprint density at radius 3 is 2.68 bits per heavy atom. The van der Waals surface area contributed by atoms with Crippen LogP contribution in [-0.4, -0.2) is 69.9 Å². The van der Waals surface area contributed by atoms with Crippen molar-refractivity contribution in [3.8, 4) is 23.2 Å². The Labute approximate surface area is 238 Å². The monoisotopic (exact) mass is 555 g/mol. The first-order valence-corrected chi connectivity index (χ1v) is 13.7. The molecule has 212 valence electrons. The van der Waals surface area contributed by atoms with Gasteiger partial charge in [0.15, 0.2) is 11.5 Å². The molecule has 41 heavy (non-hydrogen) atoms. The number of methoxy groups -OCH3 is 1. The molecule has 1 saturated heterocycles. The molecule has 2 aromatic heterocycles. The van der Waals surface area contributed by atoms with Crippen molar-refractivity contribution in [2.24, 2.45) is 0 Å². The van der Waals surface area contributed by atoms with E-state index in [2.05, 4.69) is 31.2 Å². The number of imidazole rings is 1. The van der Waals surface area contributed by atoms with Gasteiger partial charge in [-0.05, 0) is 42.3 Å². The Balaban J connectivity index is 1.18. The number of benzene rings is 2. The van der Waals surface area contributed by atoms with Crippen LogP contribution in [0.4, 0.5) is 5.82 Å². The normalized spacial score (nSPS) is 16.5. The summed E-state index contributed by atoms with van der Waals surface area (Å²) in [4.78, 5) is 31.4. The number of hydrogen-bond donors (Lipinski definition) is 1. The van der Waals surface area contributed by atoms with Crippen LogP contribution >= 0.6 is 0 Å². The van der Waals surface area contributed by atoms with E-state index >= 15 is 0 Å². The average molecular weight is 556 g/mol. The zero-order chi connectivity index (χ0) is 28.2. The topological polar surface area (TPSA) is 107 Å². The Bertz CT molecular complexity index is 1490. The van der Waals surface area contributed by atoms with E-state index in [0.29, 0.717) is 32.0 Å². The molecule has 1 unspecified atom stereocenters. The predicted octanol–water partition coefficient (Wildman–Crippen LogP) is 3.11. The number of rotatable bonds is 9. The Morgan fingerprint density at radius 2 is 1.88 bits per heavy atom. The third-order valence-electron chi connectivity index (χ3n) is 7.39. The van der Waals surface area contributed by atoms with E-state index in [-0.39, 0.29) is 18.7 Å². The standard InChI is InChI=1S/C30H33N7O4/c1-21-13-28(34-30(33-21)37-10-9-31-19-37)36-12-11-35(17-23-5-8-26-27(14-23)41-20-40-26)24(18-36)15-29(38)32-16-22-3-6-25(39-2)7-4-22/h3-10,13-14,19,24H,11-12,15-18,20H2,1-2H3,(H,32,38). The second-order valence-corrected chi connectivity index (χ2v) is 10.2. The number of fused-ring (bicyclic) bond motifs is 1. The van der Waals surface area contributed by atoms with Crippen LogP contribution in [0.1, 0.15) is 23.2 Å². The fraction of sp³-hybridized carbons (Fsp3) is 0.333. The summed E-state index contributed by atoms with van der Waals surface area (Å²) in [6.45, 7) is 5.56. The van der Waals surface area contributed by atoms with Crippen LogP contribution in [-0.2, 0) is 17.9 Å². The second-order valence-electron chi connectivity index (χ2n) is 10.2. The highest BCUT2D eigenvalue weighted by Gasteiger charge is 2.30. The number of amides is 1. The number of nitrogens with zero attached hydrogens (tertiary/aromatic N) is 6. The van der Waals surface area contributed by atoms with Gasteiger partial charge in [0.25, 0.3) is 0 Å². The van der Waals surface area contributed by atoms with E-state index in [9.17, 15) is 4.79 Å². The van der Waals surface area contributed by atoms with Crippen molar-refractivity contribution in [2.75, 3.05) is 38.4 Å². The maximum Gasteiger partial charge on any atom is 0.237 e. The smallest absolute Gasteiger partial charge is 0.237 e. The third kappa shape index (κ3) is 6.25. The summed E-state index contributed by atoms with van der Waals surface area (Å²) < 4.78 is 18.1. The molecule has 1 fully saturated rings. The number of nitrogens with one attached hydrogen (secondary N) is 1. The molecule has 0 bridgehead atoms. The summed E-state index contributed by atoms with van der Waals surface area (Å²) >= 11 is 0. The van der Waals surface area contributed by atoms with E-state index in [1.165, 1.54) is 0 Å².